The van der Waals surface area contributed by atoms with E-state index in [2.05, 4.69) is 36.7 Å². The first kappa shape index (κ1) is 17.3. The molecule has 0 N–H and O–H groups in total. The SMILES string of the molecule is C[C@]1(c2ncc(CN3CCN(c4ncccn4)CC3)cn2)CCCCO1. The van der Waals surface area contributed by atoms with Crippen molar-refractivity contribution in [2.75, 3.05) is 37.7 Å². The minimum absolute atomic E-state index is 0.321. The third-order valence-electron chi connectivity index (χ3n) is 5.26. The zero-order chi connectivity index (χ0) is 17.8. The van der Waals surface area contributed by atoms with Crippen LogP contribution in [0, 0.1) is 0 Å². The van der Waals surface area contributed by atoms with Crippen molar-refractivity contribution in [2.45, 2.75) is 38.3 Å². The summed E-state index contributed by atoms with van der Waals surface area (Å²) in [5, 5.41) is 0. The van der Waals surface area contributed by atoms with E-state index in [0.717, 1.165) is 69.5 Å². The van der Waals surface area contributed by atoms with Gasteiger partial charge in [-0.3, -0.25) is 4.90 Å². The Morgan fingerprint density at radius 2 is 1.73 bits per heavy atom. The van der Waals surface area contributed by atoms with Crippen molar-refractivity contribution < 1.29 is 4.74 Å². The van der Waals surface area contributed by atoms with Gasteiger partial charge in [-0.2, -0.15) is 0 Å². The topological polar surface area (TPSA) is 67.3 Å². The molecule has 0 aliphatic carbocycles. The lowest BCUT2D eigenvalue weighted by molar-refractivity contribution is -0.0761. The van der Waals surface area contributed by atoms with Crippen LogP contribution in [0.3, 0.4) is 0 Å². The molecule has 2 fully saturated rings. The summed E-state index contributed by atoms with van der Waals surface area (Å²) in [6.07, 6.45) is 10.8. The van der Waals surface area contributed by atoms with E-state index in [0.29, 0.717) is 0 Å². The number of aromatic nitrogens is 4. The van der Waals surface area contributed by atoms with E-state index in [4.69, 9.17) is 4.74 Å². The van der Waals surface area contributed by atoms with Gasteiger partial charge in [0.15, 0.2) is 5.82 Å². The zero-order valence-corrected chi connectivity index (χ0v) is 15.3. The van der Waals surface area contributed by atoms with Crippen LogP contribution < -0.4 is 4.90 Å². The monoisotopic (exact) mass is 354 g/mol. The largest absolute Gasteiger partial charge is 0.367 e. The summed E-state index contributed by atoms with van der Waals surface area (Å²) in [5.74, 6) is 1.63. The van der Waals surface area contributed by atoms with Crippen molar-refractivity contribution in [3.8, 4) is 0 Å². The maximum Gasteiger partial charge on any atom is 0.225 e. The van der Waals surface area contributed by atoms with Gasteiger partial charge in [-0.1, -0.05) is 0 Å². The second kappa shape index (κ2) is 7.63. The van der Waals surface area contributed by atoms with Gasteiger partial charge < -0.3 is 9.64 Å². The lowest BCUT2D eigenvalue weighted by Gasteiger charge is -2.34. The Bertz CT molecular complexity index is 694. The average molecular weight is 354 g/mol. The fourth-order valence-electron chi connectivity index (χ4n) is 3.64. The van der Waals surface area contributed by atoms with Gasteiger partial charge in [0.2, 0.25) is 5.95 Å². The van der Waals surface area contributed by atoms with Crippen LogP contribution in [0.4, 0.5) is 5.95 Å². The van der Waals surface area contributed by atoms with Crippen molar-refractivity contribution in [2.24, 2.45) is 0 Å². The van der Waals surface area contributed by atoms with Crippen molar-refractivity contribution in [1.29, 1.82) is 0 Å². The summed E-state index contributed by atoms with van der Waals surface area (Å²) >= 11 is 0. The molecule has 2 aliphatic rings. The second-order valence-corrected chi connectivity index (χ2v) is 7.26. The van der Waals surface area contributed by atoms with Crippen molar-refractivity contribution in [3.05, 3.63) is 42.2 Å². The molecule has 0 unspecified atom stereocenters. The van der Waals surface area contributed by atoms with Gasteiger partial charge >= 0.3 is 0 Å². The summed E-state index contributed by atoms with van der Waals surface area (Å²) in [4.78, 5) is 22.6. The van der Waals surface area contributed by atoms with E-state index >= 15 is 0 Å². The first-order chi connectivity index (χ1) is 12.7. The Balaban J connectivity index is 1.32. The molecule has 7 nitrogen and oxygen atoms in total. The number of hydrogen-bond donors (Lipinski definition) is 0. The van der Waals surface area contributed by atoms with Gasteiger partial charge in [0, 0.05) is 69.7 Å². The molecule has 138 valence electrons. The number of piperazine rings is 1. The number of nitrogens with zero attached hydrogens (tertiary/aromatic N) is 6. The van der Waals surface area contributed by atoms with E-state index in [1.165, 1.54) is 6.42 Å². The van der Waals surface area contributed by atoms with E-state index in [9.17, 15) is 0 Å². The van der Waals surface area contributed by atoms with Gasteiger partial charge in [-0.05, 0) is 32.3 Å². The van der Waals surface area contributed by atoms with Gasteiger partial charge in [-0.25, -0.2) is 19.9 Å². The fraction of sp³-hybridized carbons (Fsp3) is 0.579. The highest BCUT2D eigenvalue weighted by Gasteiger charge is 2.32. The Morgan fingerprint density at radius 1 is 1.00 bits per heavy atom. The molecule has 0 bridgehead atoms. The molecule has 0 amide bonds. The zero-order valence-electron chi connectivity index (χ0n) is 15.3. The lowest BCUT2D eigenvalue weighted by Crippen LogP contribution is -2.46. The minimum Gasteiger partial charge on any atom is -0.367 e. The smallest absolute Gasteiger partial charge is 0.225 e. The summed E-state index contributed by atoms with van der Waals surface area (Å²) in [6, 6.07) is 1.85. The first-order valence-corrected chi connectivity index (χ1v) is 9.43. The van der Waals surface area contributed by atoms with Crippen LogP contribution in [0.25, 0.3) is 0 Å². The molecular weight excluding hydrogens is 328 g/mol. The summed E-state index contributed by atoms with van der Waals surface area (Å²) in [5.41, 5.74) is 0.829. The molecule has 2 aromatic heterocycles. The Kier molecular flexibility index (Phi) is 5.08. The highest BCUT2D eigenvalue weighted by molar-refractivity contribution is 5.29. The third-order valence-corrected chi connectivity index (χ3v) is 5.26. The standard InChI is InChI=1S/C19H26N6O/c1-19(5-2-3-12-26-19)17-22-13-16(14-23-17)15-24-8-10-25(11-9-24)18-20-6-4-7-21-18/h4,6-7,13-14H,2-3,5,8-12,15H2,1H3/t19-/m1/s1. The van der Waals surface area contributed by atoms with Crippen LogP contribution in [0.5, 0.6) is 0 Å². The van der Waals surface area contributed by atoms with Crippen LogP contribution in [0.1, 0.15) is 37.6 Å². The van der Waals surface area contributed by atoms with Gasteiger partial charge in [0.05, 0.1) is 0 Å². The van der Waals surface area contributed by atoms with Crippen molar-refractivity contribution in [1.82, 2.24) is 24.8 Å². The molecule has 2 saturated heterocycles. The molecule has 1 atom stereocenters. The number of ether oxygens (including phenoxy) is 1. The van der Waals surface area contributed by atoms with Crippen LogP contribution in [-0.4, -0.2) is 57.6 Å². The van der Waals surface area contributed by atoms with Gasteiger partial charge in [-0.15, -0.1) is 0 Å². The van der Waals surface area contributed by atoms with Crippen LogP contribution in [0.15, 0.2) is 30.9 Å². The molecule has 0 spiro atoms. The van der Waals surface area contributed by atoms with Gasteiger partial charge in [0.1, 0.15) is 5.60 Å². The highest BCUT2D eigenvalue weighted by Crippen LogP contribution is 2.32. The fourth-order valence-corrected chi connectivity index (χ4v) is 3.64. The molecule has 2 aliphatic heterocycles. The third kappa shape index (κ3) is 3.83. The van der Waals surface area contributed by atoms with Crippen LogP contribution in [-0.2, 0) is 16.9 Å². The quantitative estimate of drug-likeness (QED) is 0.832. The second-order valence-electron chi connectivity index (χ2n) is 7.26. The Morgan fingerprint density at radius 3 is 2.38 bits per heavy atom. The summed E-state index contributed by atoms with van der Waals surface area (Å²) in [7, 11) is 0. The molecule has 4 rings (SSSR count). The molecule has 0 saturated carbocycles. The van der Waals surface area contributed by atoms with Gasteiger partial charge in [0.25, 0.3) is 0 Å². The normalized spacial score (nSPS) is 24.6. The van der Waals surface area contributed by atoms with Crippen molar-refractivity contribution >= 4 is 5.95 Å². The Hall–Kier alpha value is -2.12. The highest BCUT2D eigenvalue weighted by atomic mass is 16.5. The predicted octanol–water partition coefficient (Wildman–Crippen LogP) is 2.00. The van der Waals surface area contributed by atoms with Crippen molar-refractivity contribution in [3.63, 3.8) is 0 Å². The molecule has 26 heavy (non-hydrogen) atoms. The van der Waals surface area contributed by atoms with Crippen LogP contribution >= 0.6 is 0 Å². The predicted molar refractivity (Wildman–Crippen MR) is 98.7 cm³/mol. The molecule has 7 heteroatoms. The summed E-state index contributed by atoms with van der Waals surface area (Å²) in [6.45, 7) is 7.63. The first-order valence-electron chi connectivity index (χ1n) is 9.43. The summed E-state index contributed by atoms with van der Waals surface area (Å²) < 4.78 is 5.94. The molecule has 4 heterocycles. The molecule has 2 aromatic rings. The maximum atomic E-state index is 5.94. The lowest BCUT2D eigenvalue weighted by atomic mass is 9.95. The minimum atomic E-state index is -0.321. The maximum absolute atomic E-state index is 5.94. The van der Waals surface area contributed by atoms with E-state index in [1.54, 1.807) is 12.4 Å². The molecule has 0 radical (unpaired) electrons. The Labute approximate surface area is 154 Å². The number of anilines is 1. The van der Waals surface area contributed by atoms with E-state index < -0.39 is 0 Å². The molecular formula is C19H26N6O. The van der Waals surface area contributed by atoms with E-state index in [-0.39, 0.29) is 5.60 Å². The number of rotatable bonds is 4. The van der Waals surface area contributed by atoms with E-state index in [1.807, 2.05) is 18.5 Å². The molecule has 0 aromatic carbocycles. The average Bonchev–Trinajstić information content (AvgIpc) is 2.70. The number of hydrogen-bond acceptors (Lipinski definition) is 7. The van der Waals surface area contributed by atoms with Crippen LogP contribution in [0.2, 0.25) is 0 Å².